The summed E-state index contributed by atoms with van der Waals surface area (Å²) in [5.74, 6) is 0.593. The molecule has 7 heteroatoms. The van der Waals surface area contributed by atoms with Gasteiger partial charge in [-0.15, -0.1) is 0 Å². The number of sulfonamides is 1. The number of methoxy groups -OCH3 is 1. The van der Waals surface area contributed by atoms with Crippen LogP contribution in [0.4, 0.5) is 5.69 Å². The Morgan fingerprint density at radius 1 is 1.15 bits per heavy atom. The Balaban J connectivity index is 1.55. The molecule has 2 aliphatic heterocycles. The third kappa shape index (κ3) is 3.21. The van der Waals surface area contributed by atoms with Crippen LogP contribution in [0.1, 0.15) is 15.9 Å². The van der Waals surface area contributed by atoms with E-state index >= 15 is 0 Å². The molecule has 1 saturated heterocycles. The van der Waals surface area contributed by atoms with E-state index in [1.807, 2.05) is 24.3 Å². The van der Waals surface area contributed by atoms with Crippen molar-refractivity contribution in [2.75, 3.05) is 37.3 Å². The molecule has 1 unspecified atom stereocenters. The van der Waals surface area contributed by atoms with Gasteiger partial charge in [0.1, 0.15) is 22.4 Å². The molecule has 2 heterocycles. The van der Waals surface area contributed by atoms with Gasteiger partial charge in [0, 0.05) is 24.1 Å². The number of rotatable bonds is 3. The van der Waals surface area contributed by atoms with Gasteiger partial charge in [-0.05, 0) is 36.2 Å². The van der Waals surface area contributed by atoms with Gasteiger partial charge in [0.2, 0.25) is 0 Å². The van der Waals surface area contributed by atoms with Crippen LogP contribution in [0.25, 0.3) is 0 Å². The second-order valence-electron chi connectivity index (χ2n) is 7.47. The molecule has 6 nitrogen and oxygen atoms in total. The van der Waals surface area contributed by atoms with E-state index in [1.165, 1.54) is 10.6 Å². The molecule has 0 bridgehead atoms. The molecular formula is C20H22N2O4S. The molecule has 1 fully saturated rings. The number of para-hydroxylation sites is 1. The average molecular weight is 386 g/mol. The number of carbonyl (C=O) groups excluding carboxylic acids is 1. The van der Waals surface area contributed by atoms with E-state index in [-0.39, 0.29) is 11.3 Å². The lowest BCUT2D eigenvalue weighted by atomic mass is 9.72. The van der Waals surface area contributed by atoms with Crippen LogP contribution in [0.3, 0.4) is 0 Å². The van der Waals surface area contributed by atoms with E-state index in [9.17, 15) is 13.6 Å². The molecule has 4 rings (SSSR count). The van der Waals surface area contributed by atoms with Crippen LogP contribution in [0, 0.1) is 5.41 Å². The van der Waals surface area contributed by atoms with Gasteiger partial charge in [-0.1, -0.05) is 28.5 Å². The van der Waals surface area contributed by atoms with E-state index in [0.717, 1.165) is 17.7 Å². The number of nitrogens with zero attached hydrogens (tertiary/aromatic N) is 2. The highest BCUT2D eigenvalue weighted by Gasteiger charge is 2.51. The molecule has 0 saturated carbocycles. The molecule has 0 aromatic heterocycles. The number of anilines is 1. The third-order valence-electron chi connectivity index (χ3n) is 5.36. The fourth-order valence-electron chi connectivity index (χ4n) is 4.11. The molecule has 0 aliphatic carbocycles. The normalized spacial score (nSPS) is 19.8. The van der Waals surface area contributed by atoms with Crippen LogP contribution in [0.5, 0.6) is 5.75 Å². The highest BCUT2D eigenvalue weighted by Crippen LogP contribution is 2.44. The minimum absolute atomic E-state index is 0.0516. The first-order valence-electron chi connectivity index (χ1n) is 8.80. The summed E-state index contributed by atoms with van der Waals surface area (Å²) in [6, 6.07) is 14.7. The first-order valence-corrected chi connectivity index (χ1v) is 10.7. The van der Waals surface area contributed by atoms with Gasteiger partial charge in [-0.25, -0.2) is 0 Å². The summed E-state index contributed by atoms with van der Waals surface area (Å²) in [4.78, 5) is 14.6. The smallest absolute Gasteiger partial charge is 0.254 e. The minimum atomic E-state index is -3.37. The van der Waals surface area contributed by atoms with Gasteiger partial charge in [-0.3, -0.25) is 4.79 Å². The van der Waals surface area contributed by atoms with E-state index in [2.05, 4.69) is 0 Å². The number of amides is 1. The van der Waals surface area contributed by atoms with Crippen molar-refractivity contribution in [1.29, 1.82) is 0 Å². The summed E-state index contributed by atoms with van der Waals surface area (Å²) >= 11 is 0. The summed E-state index contributed by atoms with van der Waals surface area (Å²) in [6.45, 7) is 1.50. The van der Waals surface area contributed by atoms with Crippen molar-refractivity contribution < 1.29 is 18.3 Å². The molecule has 0 N–H and O–H groups in total. The van der Waals surface area contributed by atoms with Crippen LogP contribution in [-0.2, 0) is 21.0 Å². The SMILES string of the molecule is COc1cccc(C(=O)N2CC3(Cc4ccccc4N([S+](C)(=O)[O-])C3)C2)c1. The highest BCUT2D eigenvalue weighted by molar-refractivity contribution is 7.98. The number of hydrogen-bond acceptors (Lipinski definition) is 4. The summed E-state index contributed by atoms with van der Waals surface area (Å²) < 4.78 is 31.3. The average Bonchev–Trinajstić information content (AvgIpc) is 2.63. The van der Waals surface area contributed by atoms with Crippen LogP contribution in [0.15, 0.2) is 48.5 Å². The molecule has 2 aliphatic rings. The molecule has 1 atom stereocenters. The Kier molecular flexibility index (Phi) is 4.24. The van der Waals surface area contributed by atoms with Crippen molar-refractivity contribution in [3.8, 4) is 5.75 Å². The second-order valence-corrected chi connectivity index (χ2v) is 9.38. The zero-order valence-electron chi connectivity index (χ0n) is 15.4. The predicted octanol–water partition coefficient (Wildman–Crippen LogP) is 2.37. The number of fused-ring (bicyclic) bond motifs is 1. The van der Waals surface area contributed by atoms with Gasteiger partial charge in [0.25, 0.3) is 5.91 Å². The first kappa shape index (κ1) is 18.0. The maximum absolute atomic E-state index is 12.8. The largest absolute Gasteiger partial charge is 0.593 e. The molecule has 2 aromatic rings. The van der Waals surface area contributed by atoms with Crippen molar-refractivity contribution in [2.45, 2.75) is 6.42 Å². The Labute approximate surface area is 160 Å². The second kappa shape index (κ2) is 6.35. The summed E-state index contributed by atoms with van der Waals surface area (Å²) in [5, 5.41) is 0. The van der Waals surface area contributed by atoms with Crippen molar-refractivity contribution in [3.63, 3.8) is 0 Å². The highest BCUT2D eigenvalue weighted by atomic mass is 32.3. The van der Waals surface area contributed by atoms with Crippen LogP contribution in [0.2, 0.25) is 0 Å². The van der Waals surface area contributed by atoms with Gasteiger partial charge in [-0.2, -0.15) is 4.31 Å². The zero-order chi connectivity index (χ0) is 19.2. The molecule has 1 amide bonds. The fraction of sp³-hybridized carbons (Fsp3) is 0.350. The maximum atomic E-state index is 12.8. The lowest BCUT2D eigenvalue weighted by Crippen LogP contribution is -2.65. The van der Waals surface area contributed by atoms with Crippen LogP contribution < -0.4 is 9.04 Å². The molecule has 1 spiro atoms. The fourth-order valence-corrected chi connectivity index (χ4v) is 5.15. The standard InChI is InChI=1S/C20H22N2O4S/c1-26-17-8-5-7-15(10-17)19(23)21-12-20(13-21)11-16-6-3-4-9-18(16)22(14-20)27(2,24)25/h3-10H,11-14H2,1-2H3. The predicted molar refractivity (Wildman–Crippen MR) is 104 cm³/mol. The molecule has 142 valence electrons. The summed E-state index contributed by atoms with van der Waals surface area (Å²) in [6.07, 6.45) is 2.01. The number of benzene rings is 2. The molecule has 2 aromatic carbocycles. The molecule has 0 radical (unpaired) electrons. The van der Waals surface area contributed by atoms with Gasteiger partial charge in [0.15, 0.2) is 0 Å². The monoisotopic (exact) mass is 386 g/mol. The van der Waals surface area contributed by atoms with Crippen molar-refractivity contribution in [2.24, 2.45) is 5.41 Å². The Morgan fingerprint density at radius 3 is 2.59 bits per heavy atom. The molecule has 27 heavy (non-hydrogen) atoms. The van der Waals surface area contributed by atoms with Crippen molar-refractivity contribution >= 4 is 22.0 Å². The topological polar surface area (TPSA) is 72.9 Å². The van der Waals surface area contributed by atoms with Gasteiger partial charge < -0.3 is 14.2 Å². The van der Waals surface area contributed by atoms with Crippen LogP contribution in [-0.4, -0.2) is 48.4 Å². The Hall–Kier alpha value is -2.38. The maximum Gasteiger partial charge on any atom is 0.254 e. The summed E-state index contributed by atoms with van der Waals surface area (Å²) in [5.41, 5.74) is 2.12. The van der Waals surface area contributed by atoms with Crippen LogP contribution >= 0.6 is 0 Å². The van der Waals surface area contributed by atoms with Gasteiger partial charge >= 0.3 is 0 Å². The van der Waals surface area contributed by atoms with Gasteiger partial charge in [0.05, 0.1) is 19.3 Å². The lowest BCUT2D eigenvalue weighted by molar-refractivity contribution is 0.00908. The number of carbonyl (C=O) groups is 1. The van der Waals surface area contributed by atoms with E-state index < -0.39 is 10.4 Å². The summed E-state index contributed by atoms with van der Waals surface area (Å²) in [7, 11) is -1.80. The number of likely N-dealkylation sites (tertiary alicyclic amines) is 1. The van der Waals surface area contributed by atoms with E-state index in [0.29, 0.717) is 30.9 Å². The number of hydrogen-bond donors (Lipinski definition) is 0. The minimum Gasteiger partial charge on any atom is -0.593 e. The first-order chi connectivity index (χ1) is 12.8. The number of ether oxygens (including phenoxy) is 1. The zero-order valence-corrected chi connectivity index (χ0v) is 16.2. The quantitative estimate of drug-likeness (QED) is 0.759. The molecular weight excluding hydrogens is 364 g/mol. The van der Waals surface area contributed by atoms with E-state index in [1.54, 1.807) is 36.3 Å². The Bertz CT molecular complexity index is 933. The van der Waals surface area contributed by atoms with Crippen molar-refractivity contribution in [3.05, 3.63) is 59.7 Å². The lowest BCUT2D eigenvalue weighted by Gasteiger charge is -2.54. The van der Waals surface area contributed by atoms with E-state index in [4.69, 9.17) is 4.74 Å². The third-order valence-corrected chi connectivity index (χ3v) is 6.49. The van der Waals surface area contributed by atoms with Crippen molar-refractivity contribution in [1.82, 2.24) is 4.90 Å². The Morgan fingerprint density at radius 2 is 1.89 bits per heavy atom.